The number of rotatable bonds is 6. The molecular weight excluding hydrogens is 259 g/mol. The van der Waals surface area contributed by atoms with Crippen LogP contribution in [0.3, 0.4) is 0 Å². The minimum absolute atomic E-state index is 0.185. The molecule has 0 fully saturated rings. The fourth-order valence-electron chi connectivity index (χ4n) is 1.73. The maximum atomic E-state index is 12.4. The lowest BCUT2D eigenvalue weighted by Gasteiger charge is -2.17. The number of methoxy groups -OCH3 is 1. The number of halogens is 3. The van der Waals surface area contributed by atoms with Crippen LogP contribution in [0.2, 0.25) is 0 Å². The molecule has 1 aromatic carbocycles. The normalized spacial score (nSPS) is 13.2. The molecular formula is C13H18F3NO2. The molecule has 19 heavy (non-hydrogen) atoms. The Morgan fingerprint density at radius 3 is 2.53 bits per heavy atom. The van der Waals surface area contributed by atoms with Crippen molar-refractivity contribution in [2.75, 3.05) is 13.7 Å². The summed E-state index contributed by atoms with van der Waals surface area (Å²) in [6.07, 6.45) is -4.37. The number of alkyl halides is 3. The van der Waals surface area contributed by atoms with Gasteiger partial charge in [0.05, 0.1) is 13.7 Å². The summed E-state index contributed by atoms with van der Waals surface area (Å²) in [6.45, 7) is 2.29. The Balaban J connectivity index is 2.81. The zero-order chi connectivity index (χ0) is 14.5. The highest BCUT2D eigenvalue weighted by molar-refractivity contribution is 5.46. The SMILES string of the molecule is CCOc1cccc(CCC(N)C(F)(F)F)c1OC. The summed E-state index contributed by atoms with van der Waals surface area (Å²) in [6, 6.07) is 3.33. The average molecular weight is 277 g/mol. The standard InChI is InChI=1S/C13H18F3NO2/c1-3-19-10-6-4-5-9(12(10)18-2)7-8-11(17)13(14,15)16/h4-6,11H,3,7-8,17H2,1-2H3. The van der Waals surface area contributed by atoms with Crippen molar-refractivity contribution in [2.45, 2.75) is 32.0 Å². The van der Waals surface area contributed by atoms with E-state index in [0.717, 1.165) is 0 Å². The summed E-state index contributed by atoms with van der Waals surface area (Å²) >= 11 is 0. The van der Waals surface area contributed by atoms with Gasteiger partial charge in [0.15, 0.2) is 11.5 Å². The van der Waals surface area contributed by atoms with E-state index in [1.807, 2.05) is 6.92 Å². The second kappa shape index (κ2) is 6.65. The first-order valence-corrected chi connectivity index (χ1v) is 6.01. The molecule has 1 unspecified atom stereocenters. The van der Waals surface area contributed by atoms with Crippen molar-refractivity contribution in [3.8, 4) is 11.5 Å². The predicted octanol–water partition coefficient (Wildman–Crippen LogP) is 2.92. The first kappa shape index (κ1) is 15.6. The minimum Gasteiger partial charge on any atom is -0.493 e. The van der Waals surface area contributed by atoms with Gasteiger partial charge in [-0.15, -0.1) is 0 Å². The molecule has 1 atom stereocenters. The fourth-order valence-corrected chi connectivity index (χ4v) is 1.73. The van der Waals surface area contributed by atoms with Crippen molar-refractivity contribution >= 4 is 0 Å². The van der Waals surface area contributed by atoms with Gasteiger partial charge in [0.1, 0.15) is 6.04 Å². The summed E-state index contributed by atoms with van der Waals surface area (Å²) in [5, 5.41) is 0. The molecule has 108 valence electrons. The summed E-state index contributed by atoms with van der Waals surface area (Å²) in [5.74, 6) is 1.00. The third-order valence-corrected chi connectivity index (χ3v) is 2.71. The van der Waals surface area contributed by atoms with E-state index in [9.17, 15) is 13.2 Å². The van der Waals surface area contributed by atoms with Crippen LogP contribution in [0.15, 0.2) is 18.2 Å². The van der Waals surface area contributed by atoms with Crippen molar-refractivity contribution in [3.63, 3.8) is 0 Å². The lowest BCUT2D eigenvalue weighted by molar-refractivity contribution is -0.148. The van der Waals surface area contributed by atoms with Crippen molar-refractivity contribution in [2.24, 2.45) is 5.73 Å². The maximum Gasteiger partial charge on any atom is 0.403 e. The lowest BCUT2D eigenvalue weighted by Crippen LogP contribution is -2.37. The highest BCUT2D eigenvalue weighted by atomic mass is 19.4. The summed E-state index contributed by atoms with van der Waals surface area (Å²) in [7, 11) is 1.46. The first-order valence-electron chi connectivity index (χ1n) is 6.01. The Morgan fingerprint density at radius 2 is 2.00 bits per heavy atom. The number of hydrogen-bond acceptors (Lipinski definition) is 3. The Labute approximate surface area is 110 Å². The topological polar surface area (TPSA) is 44.5 Å². The number of benzene rings is 1. The van der Waals surface area contributed by atoms with Crippen LogP contribution < -0.4 is 15.2 Å². The fraction of sp³-hybridized carbons (Fsp3) is 0.538. The molecule has 0 heterocycles. The average Bonchev–Trinajstić information content (AvgIpc) is 2.35. The first-order chi connectivity index (χ1) is 8.90. The molecule has 0 aromatic heterocycles. The van der Waals surface area contributed by atoms with E-state index >= 15 is 0 Å². The summed E-state index contributed by atoms with van der Waals surface area (Å²) in [5.41, 5.74) is 5.75. The Kier molecular flexibility index (Phi) is 5.47. The van der Waals surface area contributed by atoms with Crippen LogP contribution in [0.4, 0.5) is 13.2 Å². The molecule has 6 heteroatoms. The molecule has 1 aromatic rings. The number of ether oxygens (including phenoxy) is 2. The quantitative estimate of drug-likeness (QED) is 0.869. The number of nitrogens with two attached hydrogens (primary N) is 1. The molecule has 0 spiro atoms. The van der Waals surface area contributed by atoms with E-state index < -0.39 is 12.2 Å². The van der Waals surface area contributed by atoms with Gasteiger partial charge in [0.25, 0.3) is 0 Å². The molecule has 0 aliphatic heterocycles. The Morgan fingerprint density at radius 1 is 1.32 bits per heavy atom. The lowest BCUT2D eigenvalue weighted by atomic mass is 10.0. The van der Waals surface area contributed by atoms with E-state index in [0.29, 0.717) is 23.7 Å². The highest BCUT2D eigenvalue weighted by Crippen LogP contribution is 2.32. The van der Waals surface area contributed by atoms with Gasteiger partial charge in [-0.3, -0.25) is 0 Å². The Bertz CT molecular complexity index is 407. The molecule has 1 rings (SSSR count). The van der Waals surface area contributed by atoms with E-state index in [4.69, 9.17) is 15.2 Å². The van der Waals surface area contributed by atoms with Gasteiger partial charge in [-0.05, 0) is 31.4 Å². The molecule has 0 amide bonds. The number of hydrogen-bond donors (Lipinski definition) is 1. The van der Waals surface area contributed by atoms with Gasteiger partial charge in [-0.25, -0.2) is 0 Å². The van der Waals surface area contributed by atoms with E-state index in [1.54, 1.807) is 18.2 Å². The summed E-state index contributed by atoms with van der Waals surface area (Å²) < 4.78 is 47.6. The van der Waals surface area contributed by atoms with Crippen LogP contribution in [-0.4, -0.2) is 25.9 Å². The molecule has 0 saturated carbocycles. The smallest absolute Gasteiger partial charge is 0.403 e. The van der Waals surface area contributed by atoms with Crippen molar-refractivity contribution < 1.29 is 22.6 Å². The van der Waals surface area contributed by atoms with Crippen LogP contribution in [0, 0.1) is 0 Å². The van der Waals surface area contributed by atoms with E-state index in [2.05, 4.69) is 0 Å². The van der Waals surface area contributed by atoms with Gasteiger partial charge in [0.2, 0.25) is 0 Å². The molecule has 0 bridgehead atoms. The molecule has 0 radical (unpaired) electrons. The molecule has 0 aliphatic carbocycles. The number of para-hydroxylation sites is 1. The maximum absolute atomic E-state index is 12.4. The van der Waals surface area contributed by atoms with Gasteiger partial charge in [-0.2, -0.15) is 13.2 Å². The molecule has 3 nitrogen and oxygen atoms in total. The third kappa shape index (κ3) is 4.31. The van der Waals surface area contributed by atoms with Gasteiger partial charge in [0, 0.05) is 0 Å². The Hall–Kier alpha value is -1.43. The van der Waals surface area contributed by atoms with Gasteiger partial charge >= 0.3 is 6.18 Å². The van der Waals surface area contributed by atoms with Gasteiger partial charge in [-0.1, -0.05) is 12.1 Å². The zero-order valence-electron chi connectivity index (χ0n) is 11.0. The van der Waals surface area contributed by atoms with Crippen LogP contribution in [0.5, 0.6) is 11.5 Å². The minimum atomic E-state index is -4.37. The predicted molar refractivity (Wildman–Crippen MR) is 66.5 cm³/mol. The number of aryl methyl sites for hydroxylation is 1. The van der Waals surface area contributed by atoms with Crippen molar-refractivity contribution in [3.05, 3.63) is 23.8 Å². The van der Waals surface area contributed by atoms with Crippen LogP contribution in [0.1, 0.15) is 18.9 Å². The highest BCUT2D eigenvalue weighted by Gasteiger charge is 2.36. The third-order valence-electron chi connectivity index (χ3n) is 2.71. The second-order valence-corrected chi connectivity index (χ2v) is 4.07. The van der Waals surface area contributed by atoms with Crippen molar-refractivity contribution in [1.82, 2.24) is 0 Å². The molecule has 2 N–H and O–H groups in total. The zero-order valence-corrected chi connectivity index (χ0v) is 11.0. The van der Waals surface area contributed by atoms with E-state index in [1.165, 1.54) is 7.11 Å². The van der Waals surface area contributed by atoms with Crippen LogP contribution in [0.25, 0.3) is 0 Å². The monoisotopic (exact) mass is 277 g/mol. The molecule has 0 saturated heterocycles. The van der Waals surface area contributed by atoms with Crippen molar-refractivity contribution in [1.29, 1.82) is 0 Å². The van der Waals surface area contributed by atoms with Gasteiger partial charge < -0.3 is 15.2 Å². The largest absolute Gasteiger partial charge is 0.493 e. The van der Waals surface area contributed by atoms with E-state index in [-0.39, 0.29) is 12.8 Å². The second-order valence-electron chi connectivity index (χ2n) is 4.07. The summed E-state index contributed by atoms with van der Waals surface area (Å²) in [4.78, 5) is 0. The van der Waals surface area contributed by atoms with Crippen LogP contribution >= 0.6 is 0 Å². The van der Waals surface area contributed by atoms with Crippen LogP contribution in [-0.2, 0) is 6.42 Å². The molecule has 0 aliphatic rings.